The quantitative estimate of drug-likeness (QED) is 0.732. The van der Waals surface area contributed by atoms with E-state index in [0.717, 1.165) is 17.7 Å². The van der Waals surface area contributed by atoms with Crippen LogP contribution in [0.5, 0.6) is 0 Å². The van der Waals surface area contributed by atoms with Gasteiger partial charge in [0.2, 0.25) is 0 Å². The fourth-order valence-corrected chi connectivity index (χ4v) is 1.57. The van der Waals surface area contributed by atoms with Crippen LogP contribution in [-0.2, 0) is 6.42 Å². The predicted molar refractivity (Wildman–Crippen MR) is 63.6 cm³/mol. The van der Waals surface area contributed by atoms with Gasteiger partial charge in [0.15, 0.2) is 0 Å². The number of hydrogen-bond donors (Lipinski definition) is 0. The lowest BCUT2D eigenvalue weighted by atomic mass is 10.1. The summed E-state index contributed by atoms with van der Waals surface area (Å²) < 4.78 is 0. The third-order valence-electron chi connectivity index (χ3n) is 2.36. The molecule has 0 N–H and O–H groups in total. The molecule has 0 aliphatic carbocycles. The lowest BCUT2D eigenvalue weighted by Crippen LogP contribution is -1.94. The average molecular weight is 195 g/mol. The summed E-state index contributed by atoms with van der Waals surface area (Å²) in [6.07, 6.45) is 4.54. The van der Waals surface area contributed by atoms with Crippen LogP contribution in [0.1, 0.15) is 16.8 Å². The van der Waals surface area contributed by atoms with Gasteiger partial charge in [-0.05, 0) is 17.2 Å². The van der Waals surface area contributed by atoms with Gasteiger partial charge in [-0.2, -0.15) is 0 Å². The molecule has 0 bridgehead atoms. The zero-order valence-corrected chi connectivity index (χ0v) is 8.56. The Bertz CT molecular complexity index is 446. The first-order valence-electron chi connectivity index (χ1n) is 5.00. The van der Waals surface area contributed by atoms with Crippen molar-refractivity contribution in [2.75, 3.05) is 0 Å². The van der Waals surface area contributed by atoms with E-state index in [1.165, 1.54) is 5.56 Å². The second-order valence-electron chi connectivity index (χ2n) is 3.41. The number of nitrogens with zero attached hydrogens (tertiary/aromatic N) is 1. The highest BCUT2D eigenvalue weighted by atomic mass is 14.7. The monoisotopic (exact) mass is 195 g/mol. The van der Waals surface area contributed by atoms with Crippen LogP contribution in [-0.4, -0.2) is 4.98 Å². The number of benzene rings is 1. The van der Waals surface area contributed by atoms with Gasteiger partial charge < -0.3 is 0 Å². The van der Waals surface area contributed by atoms with Crippen LogP contribution in [0.3, 0.4) is 0 Å². The van der Waals surface area contributed by atoms with Gasteiger partial charge >= 0.3 is 0 Å². The van der Waals surface area contributed by atoms with E-state index in [9.17, 15) is 0 Å². The standard InChI is InChI=1S/C14H13N/c1-2-13-9-6-10-15-14(13)11-12-7-4-3-5-8-12/h2-10H,1,11H2. The second-order valence-corrected chi connectivity index (χ2v) is 3.41. The molecular formula is C14H13N. The molecule has 0 fully saturated rings. The summed E-state index contributed by atoms with van der Waals surface area (Å²) in [5.41, 5.74) is 3.47. The summed E-state index contributed by atoms with van der Waals surface area (Å²) in [6, 6.07) is 14.3. The molecule has 0 aliphatic heterocycles. The molecule has 0 saturated carbocycles. The van der Waals surface area contributed by atoms with E-state index in [2.05, 4.69) is 23.7 Å². The van der Waals surface area contributed by atoms with E-state index in [-0.39, 0.29) is 0 Å². The molecular weight excluding hydrogens is 182 g/mol. The molecule has 1 heteroatoms. The molecule has 0 unspecified atom stereocenters. The lowest BCUT2D eigenvalue weighted by molar-refractivity contribution is 1.07. The maximum atomic E-state index is 4.37. The van der Waals surface area contributed by atoms with Crippen molar-refractivity contribution in [1.82, 2.24) is 4.98 Å². The van der Waals surface area contributed by atoms with Crippen molar-refractivity contribution in [3.8, 4) is 0 Å². The summed E-state index contributed by atoms with van der Waals surface area (Å²) in [4.78, 5) is 4.37. The summed E-state index contributed by atoms with van der Waals surface area (Å²) in [7, 11) is 0. The Labute approximate surface area is 90.1 Å². The minimum absolute atomic E-state index is 0.864. The van der Waals surface area contributed by atoms with Crippen molar-refractivity contribution in [3.05, 3.63) is 72.1 Å². The summed E-state index contributed by atoms with van der Waals surface area (Å²) in [5, 5.41) is 0. The highest BCUT2D eigenvalue weighted by Gasteiger charge is 2.00. The third kappa shape index (κ3) is 2.32. The molecule has 1 aromatic heterocycles. The number of aromatic nitrogens is 1. The molecule has 1 nitrogen and oxygen atoms in total. The maximum Gasteiger partial charge on any atom is 0.0519 e. The zero-order chi connectivity index (χ0) is 10.5. The van der Waals surface area contributed by atoms with Gasteiger partial charge in [0.1, 0.15) is 0 Å². The van der Waals surface area contributed by atoms with Crippen molar-refractivity contribution < 1.29 is 0 Å². The Balaban J connectivity index is 2.28. The lowest BCUT2D eigenvalue weighted by Gasteiger charge is -2.04. The maximum absolute atomic E-state index is 4.37. The van der Waals surface area contributed by atoms with Crippen LogP contribution in [0.15, 0.2) is 55.2 Å². The van der Waals surface area contributed by atoms with Crippen LogP contribution in [0.2, 0.25) is 0 Å². The van der Waals surface area contributed by atoms with Gasteiger partial charge in [-0.1, -0.05) is 49.1 Å². The average Bonchev–Trinajstić information content (AvgIpc) is 2.31. The number of pyridine rings is 1. The minimum Gasteiger partial charge on any atom is -0.260 e. The molecule has 1 heterocycles. The van der Waals surface area contributed by atoms with Crippen LogP contribution >= 0.6 is 0 Å². The van der Waals surface area contributed by atoms with Crippen molar-refractivity contribution in [1.29, 1.82) is 0 Å². The molecule has 0 radical (unpaired) electrons. The van der Waals surface area contributed by atoms with Gasteiger partial charge in [0.25, 0.3) is 0 Å². The van der Waals surface area contributed by atoms with Crippen molar-refractivity contribution in [3.63, 3.8) is 0 Å². The Morgan fingerprint density at radius 3 is 2.60 bits per heavy atom. The molecule has 2 aromatic rings. The summed E-state index contributed by atoms with van der Waals surface area (Å²) in [5.74, 6) is 0. The van der Waals surface area contributed by atoms with Gasteiger partial charge in [0, 0.05) is 12.6 Å². The molecule has 74 valence electrons. The van der Waals surface area contributed by atoms with Crippen LogP contribution in [0.25, 0.3) is 6.08 Å². The Kier molecular flexibility index (Phi) is 2.93. The molecule has 0 aliphatic rings. The van der Waals surface area contributed by atoms with E-state index in [4.69, 9.17) is 0 Å². The van der Waals surface area contributed by atoms with Crippen molar-refractivity contribution in [2.24, 2.45) is 0 Å². The van der Waals surface area contributed by atoms with E-state index in [1.807, 2.05) is 42.6 Å². The molecule has 0 amide bonds. The number of rotatable bonds is 3. The highest BCUT2D eigenvalue weighted by Crippen LogP contribution is 2.12. The van der Waals surface area contributed by atoms with Gasteiger partial charge in [0.05, 0.1) is 5.69 Å². The first-order valence-corrected chi connectivity index (χ1v) is 5.00. The van der Waals surface area contributed by atoms with Crippen molar-refractivity contribution >= 4 is 6.08 Å². The largest absolute Gasteiger partial charge is 0.260 e. The number of hydrogen-bond acceptors (Lipinski definition) is 1. The van der Waals surface area contributed by atoms with E-state index < -0.39 is 0 Å². The summed E-state index contributed by atoms with van der Waals surface area (Å²) in [6.45, 7) is 3.79. The van der Waals surface area contributed by atoms with E-state index in [0.29, 0.717) is 0 Å². The Morgan fingerprint density at radius 1 is 1.07 bits per heavy atom. The third-order valence-corrected chi connectivity index (χ3v) is 2.36. The summed E-state index contributed by atoms with van der Waals surface area (Å²) >= 11 is 0. The molecule has 0 atom stereocenters. The fraction of sp³-hybridized carbons (Fsp3) is 0.0714. The van der Waals surface area contributed by atoms with Gasteiger partial charge in [-0.25, -0.2) is 0 Å². The van der Waals surface area contributed by atoms with Crippen LogP contribution < -0.4 is 0 Å². The minimum atomic E-state index is 0.864. The topological polar surface area (TPSA) is 12.9 Å². The zero-order valence-electron chi connectivity index (χ0n) is 8.56. The Morgan fingerprint density at radius 2 is 1.87 bits per heavy atom. The molecule has 2 rings (SSSR count). The molecule has 0 spiro atoms. The second kappa shape index (κ2) is 4.56. The van der Waals surface area contributed by atoms with E-state index in [1.54, 1.807) is 0 Å². The van der Waals surface area contributed by atoms with Crippen LogP contribution in [0.4, 0.5) is 0 Å². The SMILES string of the molecule is C=Cc1cccnc1Cc1ccccc1. The fourth-order valence-electron chi connectivity index (χ4n) is 1.57. The van der Waals surface area contributed by atoms with Gasteiger partial charge in [-0.15, -0.1) is 0 Å². The van der Waals surface area contributed by atoms with Gasteiger partial charge in [-0.3, -0.25) is 4.98 Å². The first-order chi connectivity index (χ1) is 7.40. The normalized spacial score (nSPS) is 9.87. The molecule has 0 saturated heterocycles. The van der Waals surface area contributed by atoms with E-state index >= 15 is 0 Å². The smallest absolute Gasteiger partial charge is 0.0519 e. The molecule has 1 aromatic carbocycles. The highest BCUT2D eigenvalue weighted by molar-refractivity contribution is 5.50. The predicted octanol–water partition coefficient (Wildman–Crippen LogP) is 3.32. The first kappa shape index (κ1) is 9.66. The van der Waals surface area contributed by atoms with Crippen molar-refractivity contribution in [2.45, 2.75) is 6.42 Å². The molecule has 15 heavy (non-hydrogen) atoms. The Hall–Kier alpha value is -1.89. The van der Waals surface area contributed by atoms with Crippen LogP contribution in [0, 0.1) is 0 Å².